The molecule has 0 saturated carbocycles. The van der Waals surface area contributed by atoms with E-state index in [-0.39, 0.29) is 11.8 Å². The number of hydrogen-bond acceptors (Lipinski definition) is 3. The van der Waals surface area contributed by atoms with Gasteiger partial charge in [0.15, 0.2) is 5.58 Å². The third kappa shape index (κ3) is 3.58. The molecular formula is C21H22BrN3O3. The van der Waals surface area contributed by atoms with Crippen LogP contribution in [0.4, 0.5) is 0 Å². The predicted molar refractivity (Wildman–Crippen MR) is 110 cm³/mol. The summed E-state index contributed by atoms with van der Waals surface area (Å²) in [5, 5.41) is 0. The Morgan fingerprint density at radius 2 is 1.68 bits per heavy atom. The molecule has 1 saturated heterocycles. The Hall–Kier alpha value is -2.54. The van der Waals surface area contributed by atoms with Crippen LogP contribution in [0, 0.1) is 6.92 Å². The second-order valence-corrected chi connectivity index (χ2v) is 8.06. The first-order chi connectivity index (χ1) is 13.4. The van der Waals surface area contributed by atoms with Gasteiger partial charge < -0.3 is 18.8 Å². The van der Waals surface area contributed by atoms with Crippen LogP contribution in [0.2, 0.25) is 0 Å². The highest BCUT2D eigenvalue weighted by Gasteiger charge is 2.27. The first kappa shape index (κ1) is 18.8. The van der Waals surface area contributed by atoms with Gasteiger partial charge in [0.2, 0.25) is 5.91 Å². The van der Waals surface area contributed by atoms with Gasteiger partial charge in [0.25, 0.3) is 5.91 Å². The number of fused-ring (bicyclic) bond motifs is 1. The van der Waals surface area contributed by atoms with E-state index < -0.39 is 0 Å². The molecule has 146 valence electrons. The fourth-order valence-corrected chi connectivity index (χ4v) is 3.94. The molecule has 1 aliphatic rings. The molecule has 1 aliphatic heterocycles. The average molecular weight is 444 g/mol. The van der Waals surface area contributed by atoms with E-state index >= 15 is 0 Å². The number of carbonyl (C=O) groups is 2. The Morgan fingerprint density at radius 3 is 2.32 bits per heavy atom. The van der Waals surface area contributed by atoms with E-state index in [4.69, 9.17) is 4.42 Å². The van der Waals surface area contributed by atoms with E-state index in [1.165, 1.54) is 0 Å². The second kappa shape index (κ2) is 7.47. The number of nitrogens with zero attached hydrogens (tertiary/aromatic N) is 3. The van der Waals surface area contributed by atoms with Crippen LogP contribution in [0.25, 0.3) is 11.1 Å². The number of rotatable bonds is 3. The number of amides is 2. The summed E-state index contributed by atoms with van der Waals surface area (Å²) >= 11 is 3.46. The first-order valence-corrected chi connectivity index (χ1v) is 10.1. The van der Waals surface area contributed by atoms with Crippen LogP contribution in [0.1, 0.15) is 28.7 Å². The summed E-state index contributed by atoms with van der Waals surface area (Å²) in [4.78, 5) is 28.4. The summed E-state index contributed by atoms with van der Waals surface area (Å²) in [7, 11) is 0. The Bertz CT molecular complexity index is 1030. The molecule has 0 bridgehead atoms. The molecule has 2 amide bonds. The van der Waals surface area contributed by atoms with Crippen molar-refractivity contribution in [1.82, 2.24) is 14.4 Å². The van der Waals surface area contributed by atoms with E-state index in [1.807, 2.05) is 52.8 Å². The van der Waals surface area contributed by atoms with Crippen molar-refractivity contribution in [2.75, 3.05) is 26.2 Å². The van der Waals surface area contributed by atoms with Crippen LogP contribution in [0.5, 0.6) is 0 Å². The molecule has 0 N–H and O–H groups in total. The SMILES string of the molecule is CC(=O)N1CCN(C(=O)c2cc3oc(C)cc3n2Cc2ccc(Br)cc2)CC1. The zero-order chi connectivity index (χ0) is 19.8. The number of aromatic nitrogens is 1. The highest BCUT2D eigenvalue weighted by molar-refractivity contribution is 9.10. The van der Waals surface area contributed by atoms with Crippen molar-refractivity contribution in [2.24, 2.45) is 0 Å². The molecule has 1 aromatic carbocycles. The summed E-state index contributed by atoms with van der Waals surface area (Å²) in [6, 6.07) is 11.9. The van der Waals surface area contributed by atoms with Crippen molar-refractivity contribution in [3.63, 3.8) is 0 Å². The average Bonchev–Trinajstić information content (AvgIpc) is 3.20. The maximum absolute atomic E-state index is 13.2. The van der Waals surface area contributed by atoms with Crippen molar-refractivity contribution >= 4 is 38.8 Å². The zero-order valence-corrected chi connectivity index (χ0v) is 17.5. The van der Waals surface area contributed by atoms with Gasteiger partial charge in [0.05, 0.1) is 5.52 Å². The minimum atomic E-state index is -0.0237. The van der Waals surface area contributed by atoms with Crippen LogP contribution < -0.4 is 0 Å². The highest BCUT2D eigenvalue weighted by Crippen LogP contribution is 2.26. The van der Waals surface area contributed by atoms with Gasteiger partial charge >= 0.3 is 0 Å². The first-order valence-electron chi connectivity index (χ1n) is 9.31. The van der Waals surface area contributed by atoms with Crippen LogP contribution in [-0.2, 0) is 11.3 Å². The summed E-state index contributed by atoms with van der Waals surface area (Å²) in [6.07, 6.45) is 0. The molecule has 0 atom stereocenters. The molecule has 4 rings (SSSR count). The summed E-state index contributed by atoms with van der Waals surface area (Å²) in [5.41, 5.74) is 3.37. The van der Waals surface area contributed by atoms with Crippen molar-refractivity contribution in [3.05, 3.63) is 57.9 Å². The van der Waals surface area contributed by atoms with Gasteiger partial charge in [-0.15, -0.1) is 0 Å². The van der Waals surface area contributed by atoms with Crippen molar-refractivity contribution < 1.29 is 14.0 Å². The monoisotopic (exact) mass is 443 g/mol. The largest absolute Gasteiger partial charge is 0.460 e. The van der Waals surface area contributed by atoms with Crippen molar-refractivity contribution in [2.45, 2.75) is 20.4 Å². The van der Waals surface area contributed by atoms with E-state index in [1.54, 1.807) is 11.8 Å². The lowest BCUT2D eigenvalue weighted by Crippen LogP contribution is -2.50. The molecule has 2 aromatic heterocycles. The van der Waals surface area contributed by atoms with Gasteiger partial charge in [0.1, 0.15) is 11.5 Å². The Morgan fingerprint density at radius 1 is 1.04 bits per heavy atom. The topological polar surface area (TPSA) is 58.7 Å². The van der Waals surface area contributed by atoms with Crippen LogP contribution in [0.15, 0.2) is 45.3 Å². The Labute approximate surface area is 171 Å². The summed E-state index contributed by atoms with van der Waals surface area (Å²) in [6.45, 7) is 6.30. The molecular weight excluding hydrogens is 422 g/mol. The fourth-order valence-electron chi connectivity index (χ4n) is 3.67. The van der Waals surface area contributed by atoms with Crippen LogP contribution in [-0.4, -0.2) is 52.4 Å². The molecule has 0 unspecified atom stereocenters. The Balaban J connectivity index is 1.64. The minimum absolute atomic E-state index is 0.0237. The standard InChI is InChI=1S/C21H22BrN3O3/c1-14-11-18-20(28-14)12-19(25(18)13-16-3-5-17(22)6-4-16)21(27)24-9-7-23(8-10-24)15(2)26/h3-6,11-12H,7-10,13H2,1-2H3. The lowest BCUT2D eigenvalue weighted by Gasteiger charge is -2.34. The number of hydrogen-bond donors (Lipinski definition) is 0. The molecule has 3 aromatic rings. The summed E-state index contributed by atoms with van der Waals surface area (Å²) in [5.74, 6) is 0.853. The smallest absolute Gasteiger partial charge is 0.270 e. The van der Waals surface area contributed by atoms with Crippen molar-refractivity contribution in [3.8, 4) is 0 Å². The molecule has 7 heteroatoms. The van der Waals surface area contributed by atoms with Crippen LogP contribution in [0.3, 0.4) is 0 Å². The van der Waals surface area contributed by atoms with Gasteiger partial charge in [-0.05, 0) is 24.6 Å². The number of furan rings is 1. The Kier molecular flexibility index (Phi) is 5.02. The second-order valence-electron chi connectivity index (χ2n) is 7.15. The maximum Gasteiger partial charge on any atom is 0.270 e. The van der Waals surface area contributed by atoms with Gasteiger partial charge in [-0.1, -0.05) is 28.1 Å². The predicted octanol–water partition coefficient (Wildman–Crippen LogP) is 3.66. The van der Waals surface area contributed by atoms with Crippen LogP contribution >= 0.6 is 15.9 Å². The fraction of sp³-hybridized carbons (Fsp3) is 0.333. The number of carbonyl (C=O) groups excluding carboxylic acids is 2. The van der Waals surface area contributed by atoms with Crippen molar-refractivity contribution in [1.29, 1.82) is 0 Å². The maximum atomic E-state index is 13.2. The lowest BCUT2D eigenvalue weighted by atomic mass is 10.2. The number of benzene rings is 1. The molecule has 0 radical (unpaired) electrons. The molecule has 3 heterocycles. The normalized spacial score (nSPS) is 14.7. The van der Waals surface area contributed by atoms with Gasteiger partial charge in [-0.3, -0.25) is 9.59 Å². The van der Waals surface area contributed by atoms with E-state index in [0.29, 0.717) is 38.4 Å². The molecule has 0 aliphatic carbocycles. The minimum Gasteiger partial charge on any atom is -0.460 e. The number of piperazine rings is 1. The number of aryl methyl sites for hydroxylation is 1. The lowest BCUT2D eigenvalue weighted by molar-refractivity contribution is -0.130. The van der Waals surface area contributed by atoms with E-state index in [0.717, 1.165) is 26.9 Å². The van der Waals surface area contributed by atoms with Gasteiger partial charge in [-0.25, -0.2) is 0 Å². The molecule has 0 spiro atoms. The molecule has 28 heavy (non-hydrogen) atoms. The molecule has 6 nitrogen and oxygen atoms in total. The quantitative estimate of drug-likeness (QED) is 0.620. The zero-order valence-electron chi connectivity index (χ0n) is 15.9. The van der Waals surface area contributed by atoms with Gasteiger partial charge in [0, 0.05) is 56.3 Å². The van der Waals surface area contributed by atoms with Gasteiger partial charge in [-0.2, -0.15) is 0 Å². The van der Waals surface area contributed by atoms with E-state index in [2.05, 4.69) is 15.9 Å². The van der Waals surface area contributed by atoms with E-state index in [9.17, 15) is 9.59 Å². The third-order valence-electron chi connectivity index (χ3n) is 5.20. The molecule has 1 fully saturated rings. The number of halogens is 1. The highest BCUT2D eigenvalue weighted by atomic mass is 79.9. The summed E-state index contributed by atoms with van der Waals surface area (Å²) < 4.78 is 8.82. The third-order valence-corrected chi connectivity index (χ3v) is 5.73.